The number of aryl methyl sites for hydroxylation is 2. The number of carbonyl (C=O) groups excluding carboxylic acids is 2. The molecule has 0 aliphatic carbocycles. The van der Waals surface area contributed by atoms with E-state index >= 15 is 0 Å². The second kappa shape index (κ2) is 5.58. The molecule has 112 valence electrons. The highest BCUT2D eigenvalue weighted by Crippen LogP contribution is 2.27. The second-order valence-corrected chi connectivity index (χ2v) is 5.78. The molecule has 2 amide bonds. The third kappa shape index (κ3) is 2.71. The molecule has 0 spiro atoms. The van der Waals surface area contributed by atoms with Crippen molar-refractivity contribution in [2.45, 2.75) is 26.3 Å². The molecule has 2 heterocycles. The molecule has 2 aliphatic heterocycles. The minimum Gasteiger partial charge on any atom is -0.379 e. The summed E-state index contributed by atoms with van der Waals surface area (Å²) < 4.78 is 5.31. The molecule has 5 nitrogen and oxygen atoms in total. The summed E-state index contributed by atoms with van der Waals surface area (Å²) in [4.78, 5) is 28.4. The van der Waals surface area contributed by atoms with Crippen molar-refractivity contribution in [1.82, 2.24) is 4.90 Å². The van der Waals surface area contributed by atoms with Gasteiger partial charge in [0.05, 0.1) is 31.4 Å². The van der Waals surface area contributed by atoms with Gasteiger partial charge in [0.15, 0.2) is 0 Å². The molecule has 2 fully saturated rings. The third-order valence-corrected chi connectivity index (χ3v) is 4.07. The Bertz CT molecular complexity index is 559. The zero-order valence-electron chi connectivity index (χ0n) is 12.5. The Hall–Kier alpha value is -1.72. The number of hydrogen-bond acceptors (Lipinski definition) is 4. The second-order valence-electron chi connectivity index (χ2n) is 5.78. The molecular formula is C16H20N2O3. The molecule has 1 atom stereocenters. The van der Waals surface area contributed by atoms with Gasteiger partial charge in [0.25, 0.3) is 5.91 Å². The SMILES string of the molecule is Cc1cc(C)cc(N2C(=O)C[C@H](N3CCOCC3)C2=O)c1. The summed E-state index contributed by atoms with van der Waals surface area (Å²) in [5.74, 6) is -0.214. The number of hydrogen-bond donors (Lipinski definition) is 0. The highest BCUT2D eigenvalue weighted by Gasteiger charge is 2.43. The summed E-state index contributed by atoms with van der Waals surface area (Å²) in [5, 5.41) is 0. The van der Waals surface area contributed by atoms with E-state index in [1.807, 2.05) is 32.0 Å². The molecular weight excluding hydrogens is 268 g/mol. The number of imide groups is 1. The van der Waals surface area contributed by atoms with Crippen LogP contribution in [0.2, 0.25) is 0 Å². The predicted octanol–water partition coefficient (Wildman–Crippen LogP) is 1.27. The van der Waals surface area contributed by atoms with Crippen molar-refractivity contribution in [1.29, 1.82) is 0 Å². The van der Waals surface area contributed by atoms with Gasteiger partial charge >= 0.3 is 0 Å². The molecule has 0 aromatic heterocycles. The normalized spacial score (nSPS) is 23.9. The van der Waals surface area contributed by atoms with Crippen LogP contribution in [-0.4, -0.2) is 49.1 Å². The lowest BCUT2D eigenvalue weighted by molar-refractivity contribution is -0.123. The monoisotopic (exact) mass is 288 g/mol. The largest absolute Gasteiger partial charge is 0.379 e. The van der Waals surface area contributed by atoms with E-state index in [2.05, 4.69) is 4.90 Å². The van der Waals surface area contributed by atoms with Crippen molar-refractivity contribution in [2.75, 3.05) is 31.2 Å². The van der Waals surface area contributed by atoms with Gasteiger partial charge in [-0.2, -0.15) is 0 Å². The molecule has 0 saturated carbocycles. The van der Waals surface area contributed by atoms with E-state index in [9.17, 15) is 9.59 Å². The van der Waals surface area contributed by atoms with E-state index in [0.717, 1.165) is 11.1 Å². The molecule has 0 N–H and O–H groups in total. The lowest BCUT2D eigenvalue weighted by atomic mass is 10.1. The number of ether oxygens (including phenoxy) is 1. The molecule has 3 rings (SSSR count). The van der Waals surface area contributed by atoms with Gasteiger partial charge in [0.2, 0.25) is 5.91 Å². The highest BCUT2D eigenvalue weighted by atomic mass is 16.5. The van der Waals surface area contributed by atoms with Crippen LogP contribution in [0.3, 0.4) is 0 Å². The maximum Gasteiger partial charge on any atom is 0.251 e. The summed E-state index contributed by atoms with van der Waals surface area (Å²) in [7, 11) is 0. The first-order valence-corrected chi connectivity index (χ1v) is 7.33. The van der Waals surface area contributed by atoms with Gasteiger partial charge in [-0.25, -0.2) is 4.90 Å². The number of rotatable bonds is 2. The summed E-state index contributed by atoms with van der Waals surface area (Å²) in [6.45, 7) is 6.62. The number of nitrogens with zero attached hydrogens (tertiary/aromatic N) is 2. The maximum absolute atomic E-state index is 12.7. The Morgan fingerprint density at radius 1 is 1.05 bits per heavy atom. The quantitative estimate of drug-likeness (QED) is 0.769. The van der Waals surface area contributed by atoms with Gasteiger partial charge in [-0.15, -0.1) is 0 Å². The van der Waals surface area contributed by atoms with Crippen molar-refractivity contribution >= 4 is 17.5 Å². The summed E-state index contributed by atoms with van der Waals surface area (Å²) in [5.41, 5.74) is 2.80. The smallest absolute Gasteiger partial charge is 0.251 e. The first-order valence-electron chi connectivity index (χ1n) is 7.33. The van der Waals surface area contributed by atoms with Gasteiger partial charge in [-0.3, -0.25) is 14.5 Å². The Morgan fingerprint density at radius 2 is 1.67 bits per heavy atom. The average Bonchev–Trinajstić information content (AvgIpc) is 2.74. The number of anilines is 1. The fourth-order valence-electron chi connectivity index (χ4n) is 3.14. The van der Waals surface area contributed by atoms with E-state index in [0.29, 0.717) is 32.0 Å². The summed E-state index contributed by atoms with van der Waals surface area (Å²) in [6.07, 6.45) is 0.270. The minimum absolute atomic E-state index is 0.105. The first kappa shape index (κ1) is 14.2. The zero-order chi connectivity index (χ0) is 15.0. The van der Waals surface area contributed by atoms with E-state index in [-0.39, 0.29) is 24.3 Å². The number of morpholine rings is 1. The maximum atomic E-state index is 12.7. The van der Waals surface area contributed by atoms with Crippen molar-refractivity contribution in [3.8, 4) is 0 Å². The van der Waals surface area contributed by atoms with Crippen LogP contribution in [0.25, 0.3) is 0 Å². The van der Waals surface area contributed by atoms with Crippen molar-refractivity contribution < 1.29 is 14.3 Å². The van der Waals surface area contributed by atoms with Crippen LogP contribution in [-0.2, 0) is 14.3 Å². The van der Waals surface area contributed by atoms with Crippen molar-refractivity contribution in [3.63, 3.8) is 0 Å². The zero-order valence-corrected chi connectivity index (χ0v) is 12.5. The fourth-order valence-corrected chi connectivity index (χ4v) is 3.14. The molecule has 21 heavy (non-hydrogen) atoms. The lowest BCUT2D eigenvalue weighted by Crippen LogP contribution is -2.47. The van der Waals surface area contributed by atoms with Crippen LogP contribution in [0.15, 0.2) is 18.2 Å². The number of carbonyl (C=O) groups is 2. The highest BCUT2D eigenvalue weighted by molar-refractivity contribution is 6.22. The predicted molar refractivity (Wildman–Crippen MR) is 79.2 cm³/mol. The molecule has 2 aliphatic rings. The molecule has 2 saturated heterocycles. The van der Waals surface area contributed by atoms with Gasteiger partial charge in [0, 0.05) is 13.1 Å². The third-order valence-electron chi connectivity index (χ3n) is 4.07. The standard InChI is InChI=1S/C16H20N2O3/c1-11-7-12(2)9-13(8-11)18-15(19)10-14(16(18)20)17-3-5-21-6-4-17/h7-9,14H,3-6,10H2,1-2H3/t14-/m0/s1. The van der Waals surface area contributed by atoms with Crippen molar-refractivity contribution in [3.05, 3.63) is 29.3 Å². The van der Waals surface area contributed by atoms with E-state index < -0.39 is 0 Å². The van der Waals surface area contributed by atoms with Crippen molar-refractivity contribution in [2.24, 2.45) is 0 Å². The Balaban J connectivity index is 1.86. The first-order chi connectivity index (χ1) is 10.1. The summed E-state index contributed by atoms with van der Waals surface area (Å²) >= 11 is 0. The van der Waals surface area contributed by atoms with Crippen LogP contribution in [0.1, 0.15) is 17.5 Å². The molecule has 0 radical (unpaired) electrons. The molecule has 0 bridgehead atoms. The molecule has 1 aromatic carbocycles. The fraction of sp³-hybridized carbons (Fsp3) is 0.500. The molecule has 0 unspecified atom stereocenters. The Labute approximate surface area is 124 Å². The minimum atomic E-state index is -0.331. The van der Waals surface area contributed by atoms with Crippen LogP contribution in [0.4, 0.5) is 5.69 Å². The number of amides is 2. The molecule has 1 aromatic rings. The van der Waals surface area contributed by atoms with Gasteiger partial charge in [0.1, 0.15) is 0 Å². The lowest BCUT2D eigenvalue weighted by Gasteiger charge is -2.30. The van der Waals surface area contributed by atoms with Crippen LogP contribution in [0.5, 0.6) is 0 Å². The van der Waals surface area contributed by atoms with Gasteiger partial charge in [-0.1, -0.05) is 6.07 Å². The summed E-state index contributed by atoms with van der Waals surface area (Å²) in [6, 6.07) is 5.49. The van der Waals surface area contributed by atoms with E-state index in [4.69, 9.17) is 4.74 Å². The van der Waals surface area contributed by atoms with E-state index in [1.54, 1.807) is 0 Å². The van der Waals surface area contributed by atoms with Gasteiger partial charge < -0.3 is 4.74 Å². The van der Waals surface area contributed by atoms with Crippen LogP contribution < -0.4 is 4.90 Å². The van der Waals surface area contributed by atoms with E-state index in [1.165, 1.54) is 4.90 Å². The van der Waals surface area contributed by atoms with Gasteiger partial charge in [-0.05, 0) is 37.1 Å². The average molecular weight is 288 g/mol. The number of benzene rings is 1. The Kier molecular flexibility index (Phi) is 3.78. The van der Waals surface area contributed by atoms with Crippen LogP contribution in [0, 0.1) is 13.8 Å². The Morgan fingerprint density at radius 3 is 2.29 bits per heavy atom. The topological polar surface area (TPSA) is 49.9 Å². The molecule has 5 heteroatoms. The van der Waals surface area contributed by atoms with Crippen LogP contribution >= 0.6 is 0 Å².